The normalized spacial score (nSPS) is 12.7. The molecule has 0 radical (unpaired) electrons. The maximum atomic E-state index is 12.3. The number of anilines is 1. The highest BCUT2D eigenvalue weighted by Crippen LogP contribution is 2.12. The van der Waals surface area contributed by atoms with E-state index in [2.05, 4.69) is 26.1 Å². The van der Waals surface area contributed by atoms with Crippen LogP contribution in [-0.4, -0.2) is 30.2 Å². The molecule has 0 aliphatic heterocycles. The van der Waals surface area contributed by atoms with Crippen molar-refractivity contribution in [1.82, 2.24) is 9.88 Å². The van der Waals surface area contributed by atoms with E-state index in [0.717, 1.165) is 13.0 Å². The lowest BCUT2D eigenvalue weighted by molar-refractivity contribution is 0.0857. The minimum Gasteiger partial charge on any atom is -0.397 e. The SMILES string of the molecule is CCCn1cc(N)cc1C(=O)NC(COC)C(C)C. The fraction of sp³-hybridized carbons (Fsp3) is 0.643. The molecule has 1 aromatic rings. The zero-order chi connectivity index (χ0) is 14.4. The summed E-state index contributed by atoms with van der Waals surface area (Å²) in [5.41, 5.74) is 7.00. The quantitative estimate of drug-likeness (QED) is 0.792. The van der Waals surface area contributed by atoms with Crippen molar-refractivity contribution < 1.29 is 9.53 Å². The van der Waals surface area contributed by atoms with E-state index in [0.29, 0.717) is 23.9 Å². The van der Waals surface area contributed by atoms with E-state index >= 15 is 0 Å². The third-order valence-electron chi connectivity index (χ3n) is 3.08. The van der Waals surface area contributed by atoms with Gasteiger partial charge in [0.2, 0.25) is 0 Å². The van der Waals surface area contributed by atoms with Crippen LogP contribution in [0.5, 0.6) is 0 Å². The zero-order valence-corrected chi connectivity index (χ0v) is 12.3. The highest BCUT2D eigenvalue weighted by atomic mass is 16.5. The first-order valence-electron chi connectivity index (χ1n) is 6.75. The highest BCUT2D eigenvalue weighted by molar-refractivity contribution is 5.94. The van der Waals surface area contributed by atoms with Crippen molar-refractivity contribution >= 4 is 11.6 Å². The fourth-order valence-electron chi connectivity index (χ4n) is 1.97. The minimum atomic E-state index is -0.0964. The van der Waals surface area contributed by atoms with E-state index in [1.165, 1.54) is 0 Å². The smallest absolute Gasteiger partial charge is 0.268 e. The molecule has 0 saturated carbocycles. The molecule has 19 heavy (non-hydrogen) atoms. The molecule has 1 rings (SSSR count). The number of carbonyl (C=O) groups excluding carboxylic acids is 1. The molecule has 3 N–H and O–H groups in total. The molecule has 0 aliphatic carbocycles. The van der Waals surface area contributed by atoms with Crippen LogP contribution in [0.1, 0.15) is 37.7 Å². The Balaban J connectivity index is 2.81. The van der Waals surface area contributed by atoms with Crippen molar-refractivity contribution in [2.45, 2.75) is 39.8 Å². The Morgan fingerprint density at radius 3 is 2.74 bits per heavy atom. The van der Waals surface area contributed by atoms with E-state index in [-0.39, 0.29) is 11.9 Å². The van der Waals surface area contributed by atoms with Gasteiger partial charge < -0.3 is 20.4 Å². The number of methoxy groups -OCH3 is 1. The largest absolute Gasteiger partial charge is 0.397 e. The van der Waals surface area contributed by atoms with Crippen LogP contribution in [0.3, 0.4) is 0 Å². The molecule has 0 bridgehead atoms. The summed E-state index contributed by atoms with van der Waals surface area (Å²) in [6.45, 7) is 7.48. The molecule has 1 amide bonds. The lowest BCUT2D eigenvalue weighted by Crippen LogP contribution is -2.42. The number of aromatic nitrogens is 1. The second kappa shape index (κ2) is 7.19. The summed E-state index contributed by atoms with van der Waals surface area (Å²) in [7, 11) is 1.64. The molecule has 0 aliphatic rings. The average Bonchev–Trinajstić information content (AvgIpc) is 2.70. The van der Waals surface area contributed by atoms with Gasteiger partial charge in [-0.2, -0.15) is 0 Å². The maximum Gasteiger partial charge on any atom is 0.268 e. The summed E-state index contributed by atoms with van der Waals surface area (Å²) in [5.74, 6) is 0.219. The van der Waals surface area contributed by atoms with Gasteiger partial charge in [-0.25, -0.2) is 0 Å². The van der Waals surface area contributed by atoms with Crippen LogP contribution in [-0.2, 0) is 11.3 Å². The van der Waals surface area contributed by atoms with Gasteiger partial charge in [-0.3, -0.25) is 4.79 Å². The van der Waals surface area contributed by atoms with Gasteiger partial charge in [0.25, 0.3) is 5.91 Å². The van der Waals surface area contributed by atoms with Crippen molar-refractivity contribution in [1.29, 1.82) is 0 Å². The van der Waals surface area contributed by atoms with Gasteiger partial charge in [-0.1, -0.05) is 20.8 Å². The van der Waals surface area contributed by atoms with Crippen molar-refractivity contribution in [2.75, 3.05) is 19.5 Å². The maximum absolute atomic E-state index is 12.3. The second-order valence-electron chi connectivity index (χ2n) is 5.13. The lowest BCUT2D eigenvalue weighted by atomic mass is 10.1. The number of nitrogens with two attached hydrogens (primary N) is 1. The molecule has 0 fully saturated rings. The molecule has 0 spiro atoms. The predicted octanol–water partition coefficient (Wildman–Crippen LogP) is 1.88. The molecule has 0 aromatic carbocycles. The number of hydrogen-bond donors (Lipinski definition) is 2. The van der Waals surface area contributed by atoms with Crippen LogP contribution in [0.4, 0.5) is 5.69 Å². The Hall–Kier alpha value is -1.49. The average molecular weight is 267 g/mol. The van der Waals surface area contributed by atoms with Crippen molar-refractivity contribution in [3.63, 3.8) is 0 Å². The van der Waals surface area contributed by atoms with Crippen LogP contribution in [0.25, 0.3) is 0 Å². The van der Waals surface area contributed by atoms with E-state index in [1.807, 2.05) is 4.57 Å². The molecular formula is C14H25N3O2. The van der Waals surface area contributed by atoms with Gasteiger partial charge in [0.15, 0.2) is 0 Å². The fourth-order valence-corrected chi connectivity index (χ4v) is 1.97. The molecule has 1 heterocycles. The number of amides is 1. The molecule has 1 unspecified atom stereocenters. The van der Waals surface area contributed by atoms with Gasteiger partial charge >= 0.3 is 0 Å². The highest BCUT2D eigenvalue weighted by Gasteiger charge is 2.19. The third kappa shape index (κ3) is 4.28. The van der Waals surface area contributed by atoms with Crippen molar-refractivity contribution in [3.8, 4) is 0 Å². The molecule has 0 saturated heterocycles. The van der Waals surface area contributed by atoms with Gasteiger partial charge in [0.05, 0.1) is 18.3 Å². The first kappa shape index (κ1) is 15.6. The molecular weight excluding hydrogens is 242 g/mol. The number of rotatable bonds is 7. The molecule has 108 valence electrons. The first-order chi connectivity index (χ1) is 8.99. The Morgan fingerprint density at radius 2 is 2.21 bits per heavy atom. The minimum absolute atomic E-state index is 0.00343. The summed E-state index contributed by atoms with van der Waals surface area (Å²) in [6.07, 6.45) is 2.76. The molecule has 1 aromatic heterocycles. The Morgan fingerprint density at radius 1 is 1.53 bits per heavy atom. The Bertz CT molecular complexity index is 413. The summed E-state index contributed by atoms with van der Waals surface area (Å²) in [5, 5.41) is 3.01. The number of ether oxygens (including phenoxy) is 1. The van der Waals surface area contributed by atoms with Crippen molar-refractivity contribution in [3.05, 3.63) is 18.0 Å². The lowest BCUT2D eigenvalue weighted by Gasteiger charge is -2.21. The van der Waals surface area contributed by atoms with E-state index < -0.39 is 0 Å². The zero-order valence-electron chi connectivity index (χ0n) is 12.3. The number of nitrogens with one attached hydrogen (secondary N) is 1. The number of hydrogen-bond acceptors (Lipinski definition) is 3. The number of nitrogens with zero attached hydrogens (tertiary/aromatic N) is 1. The van der Waals surface area contributed by atoms with Crippen LogP contribution in [0, 0.1) is 5.92 Å². The summed E-state index contributed by atoms with van der Waals surface area (Å²) >= 11 is 0. The Labute approximate surface area is 115 Å². The van der Waals surface area contributed by atoms with Crippen LogP contribution >= 0.6 is 0 Å². The van der Waals surface area contributed by atoms with E-state index in [9.17, 15) is 4.79 Å². The topological polar surface area (TPSA) is 69.3 Å². The number of aryl methyl sites for hydroxylation is 1. The van der Waals surface area contributed by atoms with Gasteiger partial charge in [-0.15, -0.1) is 0 Å². The predicted molar refractivity (Wildman–Crippen MR) is 77.1 cm³/mol. The van der Waals surface area contributed by atoms with Gasteiger partial charge in [0.1, 0.15) is 5.69 Å². The van der Waals surface area contributed by atoms with Crippen LogP contribution in [0.15, 0.2) is 12.3 Å². The van der Waals surface area contributed by atoms with Gasteiger partial charge in [0, 0.05) is 19.9 Å². The molecule has 5 nitrogen and oxygen atoms in total. The third-order valence-corrected chi connectivity index (χ3v) is 3.08. The van der Waals surface area contributed by atoms with Crippen LogP contribution in [0.2, 0.25) is 0 Å². The summed E-state index contributed by atoms with van der Waals surface area (Å²) in [6, 6.07) is 1.72. The number of carbonyl (C=O) groups is 1. The molecule has 5 heteroatoms. The number of nitrogen functional groups attached to an aromatic ring is 1. The van der Waals surface area contributed by atoms with Crippen molar-refractivity contribution in [2.24, 2.45) is 5.92 Å². The molecule has 1 atom stereocenters. The summed E-state index contributed by atoms with van der Waals surface area (Å²) in [4.78, 5) is 12.3. The van der Waals surface area contributed by atoms with E-state index in [4.69, 9.17) is 10.5 Å². The second-order valence-corrected chi connectivity index (χ2v) is 5.13. The Kier molecular flexibility index (Phi) is 5.89. The monoisotopic (exact) mass is 267 g/mol. The van der Waals surface area contributed by atoms with Crippen LogP contribution < -0.4 is 11.1 Å². The van der Waals surface area contributed by atoms with Gasteiger partial charge in [-0.05, 0) is 18.4 Å². The van der Waals surface area contributed by atoms with E-state index in [1.54, 1.807) is 19.4 Å². The standard InChI is InChI=1S/C14H25N3O2/c1-5-6-17-8-11(15)7-13(17)14(18)16-12(9-19-4)10(2)3/h7-8,10,12H,5-6,9,15H2,1-4H3,(H,16,18). The first-order valence-corrected chi connectivity index (χ1v) is 6.75. The summed E-state index contributed by atoms with van der Waals surface area (Å²) < 4.78 is 7.04.